The van der Waals surface area contributed by atoms with Gasteiger partial charge in [0.1, 0.15) is 0 Å². The largest absolute Gasteiger partial charge is 0.316 e. The molecule has 0 heterocycles. The van der Waals surface area contributed by atoms with Gasteiger partial charge in [-0.05, 0) is 37.6 Å². The Morgan fingerprint density at radius 3 is 2.56 bits per heavy atom. The molecule has 18 heavy (non-hydrogen) atoms. The molecule has 3 heteroatoms. The number of amides is 1. The van der Waals surface area contributed by atoms with E-state index in [1.807, 2.05) is 38.1 Å². The van der Waals surface area contributed by atoms with Crippen molar-refractivity contribution in [3.8, 4) is 0 Å². The van der Waals surface area contributed by atoms with Crippen LogP contribution in [-0.4, -0.2) is 18.7 Å². The standard InChI is InChI=1S/C15H17NO2/c1-10(17)16(4)12-5-6-13-11(9-12)7-8-15(2,3)14(13)18/h5-9H,1-4H3. The van der Waals surface area contributed by atoms with Gasteiger partial charge in [0.2, 0.25) is 5.91 Å². The number of rotatable bonds is 1. The van der Waals surface area contributed by atoms with Crippen LogP contribution < -0.4 is 4.90 Å². The van der Waals surface area contributed by atoms with Gasteiger partial charge in [-0.2, -0.15) is 0 Å². The van der Waals surface area contributed by atoms with E-state index in [1.165, 1.54) is 6.92 Å². The van der Waals surface area contributed by atoms with Crippen LogP contribution in [-0.2, 0) is 4.79 Å². The molecular weight excluding hydrogens is 226 g/mol. The average molecular weight is 243 g/mol. The van der Waals surface area contributed by atoms with Crippen LogP contribution in [0.25, 0.3) is 6.08 Å². The van der Waals surface area contributed by atoms with E-state index in [1.54, 1.807) is 18.0 Å². The van der Waals surface area contributed by atoms with Crippen molar-refractivity contribution in [2.45, 2.75) is 20.8 Å². The molecule has 3 nitrogen and oxygen atoms in total. The first-order valence-electron chi connectivity index (χ1n) is 5.95. The number of hydrogen-bond donors (Lipinski definition) is 0. The molecule has 1 aliphatic rings. The van der Waals surface area contributed by atoms with Crippen molar-refractivity contribution >= 4 is 23.5 Å². The maximum Gasteiger partial charge on any atom is 0.223 e. The van der Waals surface area contributed by atoms with Gasteiger partial charge in [-0.1, -0.05) is 12.2 Å². The number of carbonyl (C=O) groups excluding carboxylic acids is 2. The van der Waals surface area contributed by atoms with Gasteiger partial charge in [-0.3, -0.25) is 9.59 Å². The molecule has 0 radical (unpaired) electrons. The van der Waals surface area contributed by atoms with Gasteiger partial charge in [0, 0.05) is 30.6 Å². The lowest BCUT2D eigenvalue weighted by molar-refractivity contribution is -0.116. The van der Waals surface area contributed by atoms with Gasteiger partial charge < -0.3 is 4.90 Å². The van der Waals surface area contributed by atoms with Crippen LogP contribution >= 0.6 is 0 Å². The lowest BCUT2D eigenvalue weighted by Crippen LogP contribution is -2.26. The molecule has 0 N–H and O–H groups in total. The summed E-state index contributed by atoms with van der Waals surface area (Å²) in [6.45, 7) is 5.33. The lowest BCUT2D eigenvalue weighted by atomic mass is 9.78. The second-order valence-corrected chi connectivity index (χ2v) is 5.23. The molecule has 0 aliphatic heterocycles. The number of Topliss-reactive ketones (excluding diaryl/α,β-unsaturated/α-hetero) is 1. The zero-order valence-electron chi connectivity index (χ0n) is 11.2. The van der Waals surface area contributed by atoms with E-state index in [4.69, 9.17) is 0 Å². The van der Waals surface area contributed by atoms with Gasteiger partial charge >= 0.3 is 0 Å². The van der Waals surface area contributed by atoms with E-state index >= 15 is 0 Å². The van der Waals surface area contributed by atoms with Crippen molar-refractivity contribution in [3.63, 3.8) is 0 Å². The maximum atomic E-state index is 12.2. The molecule has 1 aromatic carbocycles. The van der Waals surface area contributed by atoms with Crippen molar-refractivity contribution in [1.82, 2.24) is 0 Å². The zero-order chi connectivity index (χ0) is 13.5. The van der Waals surface area contributed by atoms with Crippen molar-refractivity contribution < 1.29 is 9.59 Å². The van der Waals surface area contributed by atoms with E-state index in [9.17, 15) is 9.59 Å². The highest BCUT2D eigenvalue weighted by molar-refractivity contribution is 6.07. The number of nitrogens with zero attached hydrogens (tertiary/aromatic N) is 1. The lowest BCUT2D eigenvalue weighted by Gasteiger charge is -2.25. The SMILES string of the molecule is CC(=O)N(C)c1ccc2c(c1)C=CC(C)(C)C2=O. The second-order valence-electron chi connectivity index (χ2n) is 5.23. The topological polar surface area (TPSA) is 37.4 Å². The molecule has 0 spiro atoms. The van der Waals surface area contributed by atoms with E-state index in [0.29, 0.717) is 0 Å². The molecule has 0 bridgehead atoms. The predicted molar refractivity (Wildman–Crippen MR) is 72.7 cm³/mol. The second kappa shape index (κ2) is 4.09. The summed E-state index contributed by atoms with van der Waals surface area (Å²) in [7, 11) is 1.72. The fourth-order valence-electron chi connectivity index (χ4n) is 2.01. The first kappa shape index (κ1) is 12.6. The number of anilines is 1. The summed E-state index contributed by atoms with van der Waals surface area (Å²) in [6, 6.07) is 5.49. The van der Waals surface area contributed by atoms with Crippen LogP contribution in [0, 0.1) is 5.41 Å². The van der Waals surface area contributed by atoms with Crippen LogP contribution in [0.3, 0.4) is 0 Å². The molecule has 1 amide bonds. The van der Waals surface area contributed by atoms with E-state index in [-0.39, 0.29) is 11.7 Å². The van der Waals surface area contributed by atoms with Crippen LogP contribution in [0.15, 0.2) is 24.3 Å². The molecule has 1 aliphatic carbocycles. The number of carbonyl (C=O) groups is 2. The molecule has 2 rings (SSSR count). The van der Waals surface area contributed by atoms with Gasteiger partial charge in [0.15, 0.2) is 5.78 Å². The third-order valence-corrected chi connectivity index (χ3v) is 3.40. The number of ketones is 1. The quantitative estimate of drug-likeness (QED) is 0.760. The van der Waals surface area contributed by atoms with Crippen LogP contribution in [0.1, 0.15) is 36.7 Å². The minimum atomic E-state index is -0.443. The Morgan fingerprint density at radius 1 is 1.28 bits per heavy atom. The summed E-state index contributed by atoms with van der Waals surface area (Å²) < 4.78 is 0. The van der Waals surface area contributed by atoms with Crippen LogP contribution in [0.4, 0.5) is 5.69 Å². The maximum absolute atomic E-state index is 12.2. The Hall–Kier alpha value is -1.90. The molecule has 0 fully saturated rings. The monoisotopic (exact) mass is 243 g/mol. The highest BCUT2D eigenvalue weighted by Gasteiger charge is 2.30. The van der Waals surface area contributed by atoms with Crippen LogP contribution in [0.5, 0.6) is 0 Å². The summed E-state index contributed by atoms with van der Waals surface area (Å²) in [4.78, 5) is 25.1. The Balaban J connectivity index is 2.47. The average Bonchev–Trinajstić information content (AvgIpc) is 2.33. The van der Waals surface area contributed by atoms with E-state index < -0.39 is 5.41 Å². The Morgan fingerprint density at radius 2 is 1.94 bits per heavy atom. The molecule has 0 aromatic heterocycles. The van der Waals surface area contributed by atoms with Crippen molar-refractivity contribution in [1.29, 1.82) is 0 Å². The normalized spacial score (nSPS) is 16.3. The molecule has 0 saturated carbocycles. The summed E-state index contributed by atoms with van der Waals surface area (Å²) in [5.41, 5.74) is 1.97. The fourth-order valence-corrected chi connectivity index (χ4v) is 2.01. The molecule has 0 unspecified atom stereocenters. The highest BCUT2D eigenvalue weighted by Crippen LogP contribution is 2.33. The Bertz CT molecular complexity index is 556. The van der Waals surface area contributed by atoms with Crippen molar-refractivity contribution in [2.24, 2.45) is 5.41 Å². The Labute approximate surface area is 107 Å². The molecular formula is C15H17NO2. The van der Waals surface area contributed by atoms with Crippen LogP contribution in [0.2, 0.25) is 0 Å². The highest BCUT2D eigenvalue weighted by atomic mass is 16.2. The first-order valence-corrected chi connectivity index (χ1v) is 5.95. The first-order chi connectivity index (χ1) is 8.33. The van der Waals surface area contributed by atoms with Gasteiger partial charge in [-0.25, -0.2) is 0 Å². The number of benzene rings is 1. The summed E-state index contributed by atoms with van der Waals surface area (Å²) >= 11 is 0. The number of fused-ring (bicyclic) bond motifs is 1. The van der Waals surface area contributed by atoms with Gasteiger partial charge in [0.05, 0.1) is 0 Å². The molecule has 94 valence electrons. The van der Waals surface area contributed by atoms with Crippen molar-refractivity contribution in [3.05, 3.63) is 35.4 Å². The van der Waals surface area contributed by atoms with E-state index in [2.05, 4.69) is 0 Å². The summed E-state index contributed by atoms with van der Waals surface area (Å²) in [6.07, 6.45) is 3.86. The third kappa shape index (κ3) is 1.96. The van der Waals surface area contributed by atoms with Crippen molar-refractivity contribution in [2.75, 3.05) is 11.9 Å². The zero-order valence-corrected chi connectivity index (χ0v) is 11.2. The minimum Gasteiger partial charge on any atom is -0.316 e. The number of allylic oxidation sites excluding steroid dienone is 1. The fraction of sp³-hybridized carbons (Fsp3) is 0.333. The van der Waals surface area contributed by atoms with Gasteiger partial charge in [0.25, 0.3) is 0 Å². The third-order valence-electron chi connectivity index (χ3n) is 3.40. The molecule has 0 saturated heterocycles. The smallest absolute Gasteiger partial charge is 0.223 e. The summed E-state index contributed by atoms with van der Waals surface area (Å²) in [5.74, 6) is 0.0958. The van der Waals surface area contributed by atoms with Gasteiger partial charge in [-0.15, -0.1) is 0 Å². The molecule has 1 aromatic rings. The molecule has 0 atom stereocenters. The van der Waals surface area contributed by atoms with E-state index in [0.717, 1.165) is 16.8 Å². The minimum absolute atomic E-state index is 0.0265. The summed E-state index contributed by atoms with van der Waals surface area (Å²) in [5, 5.41) is 0. The predicted octanol–water partition coefficient (Wildman–Crippen LogP) is 2.91. The number of hydrogen-bond acceptors (Lipinski definition) is 2. The Kier molecular flexibility index (Phi) is 2.85.